The molecule has 0 saturated heterocycles. The van der Waals surface area contributed by atoms with Crippen molar-refractivity contribution in [2.75, 3.05) is 26.4 Å². The molecule has 0 bridgehead atoms. The first-order valence-electron chi connectivity index (χ1n) is 2.21. The summed E-state index contributed by atoms with van der Waals surface area (Å²) in [5, 5.41) is 16.2. The standard InChI is InChI=1S/C4H10O3.Pb/c5-1-3-7-4-2-6;/h5-6H,1-4H2;. The molecule has 0 aromatic rings. The van der Waals surface area contributed by atoms with Crippen LogP contribution in [0.2, 0.25) is 0 Å². The average Bonchev–Trinajstić information content (AvgIpc) is 1.69. The quantitative estimate of drug-likeness (QED) is 0.496. The molecule has 0 aromatic heterocycles. The number of aliphatic hydroxyl groups excluding tert-OH is 2. The summed E-state index contributed by atoms with van der Waals surface area (Å²) in [6.45, 7) is 0.696. The van der Waals surface area contributed by atoms with Crippen molar-refractivity contribution in [3.63, 3.8) is 0 Å². The second kappa shape index (κ2) is 10.7. The van der Waals surface area contributed by atoms with Crippen molar-refractivity contribution in [3.05, 3.63) is 0 Å². The van der Waals surface area contributed by atoms with Crippen LogP contribution in [0.5, 0.6) is 0 Å². The van der Waals surface area contributed by atoms with Crippen LogP contribution in [-0.2, 0) is 4.74 Å². The first-order valence-corrected chi connectivity index (χ1v) is 2.21. The molecule has 3 nitrogen and oxygen atoms in total. The SMILES string of the molecule is OCCOCCO.[Pb]. The zero-order chi connectivity index (χ0) is 5.54. The van der Waals surface area contributed by atoms with Gasteiger partial charge in [0, 0.05) is 27.3 Å². The number of hydrogen-bond donors (Lipinski definition) is 2. The second-order valence-electron chi connectivity index (χ2n) is 1.06. The predicted molar refractivity (Wildman–Crippen MR) is 30.7 cm³/mol. The molecular formula is C4H10O3Pb. The van der Waals surface area contributed by atoms with Crippen molar-refractivity contribution < 1.29 is 14.9 Å². The van der Waals surface area contributed by atoms with Crippen LogP contribution in [0, 0.1) is 0 Å². The van der Waals surface area contributed by atoms with Crippen LogP contribution in [0.4, 0.5) is 0 Å². The van der Waals surface area contributed by atoms with Gasteiger partial charge in [0.2, 0.25) is 0 Å². The number of rotatable bonds is 4. The summed E-state index contributed by atoms with van der Waals surface area (Å²) >= 11 is 0. The van der Waals surface area contributed by atoms with E-state index in [2.05, 4.69) is 4.74 Å². The molecule has 0 fully saturated rings. The molecule has 0 amide bonds. The van der Waals surface area contributed by atoms with Crippen molar-refractivity contribution in [2.24, 2.45) is 0 Å². The third kappa shape index (κ3) is 9.93. The molecule has 0 aliphatic rings. The van der Waals surface area contributed by atoms with Gasteiger partial charge in [-0.2, -0.15) is 0 Å². The second-order valence-corrected chi connectivity index (χ2v) is 1.06. The Morgan fingerprint density at radius 2 is 1.38 bits per heavy atom. The first kappa shape index (κ1) is 11.6. The van der Waals surface area contributed by atoms with E-state index < -0.39 is 0 Å². The maximum atomic E-state index is 8.09. The molecule has 0 aliphatic carbocycles. The fourth-order valence-electron chi connectivity index (χ4n) is 0.231. The fourth-order valence-corrected chi connectivity index (χ4v) is 0.231. The predicted octanol–water partition coefficient (Wildman–Crippen LogP) is -1.39. The van der Waals surface area contributed by atoms with E-state index >= 15 is 0 Å². The largest absolute Gasteiger partial charge is 0.394 e. The van der Waals surface area contributed by atoms with Gasteiger partial charge in [0.15, 0.2) is 0 Å². The molecule has 0 saturated carbocycles. The summed E-state index contributed by atoms with van der Waals surface area (Å²) in [6.07, 6.45) is 0. The zero-order valence-corrected chi connectivity index (χ0v) is 8.52. The monoisotopic (exact) mass is 314 g/mol. The average molecular weight is 313 g/mol. The van der Waals surface area contributed by atoms with E-state index in [0.717, 1.165) is 0 Å². The molecule has 0 heterocycles. The van der Waals surface area contributed by atoms with Gasteiger partial charge in [0.1, 0.15) is 0 Å². The van der Waals surface area contributed by atoms with Gasteiger partial charge in [-0.1, -0.05) is 0 Å². The summed E-state index contributed by atoms with van der Waals surface area (Å²) in [5.41, 5.74) is 0. The van der Waals surface area contributed by atoms with Crippen LogP contribution in [0.15, 0.2) is 0 Å². The Labute approximate surface area is 68.8 Å². The molecule has 8 heavy (non-hydrogen) atoms. The molecule has 48 valence electrons. The Hall–Kier alpha value is 0.802. The van der Waals surface area contributed by atoms with Gasteiger partial charge in [0.05, 0.1) is 26.4 Å². The molecule has 4 heteroatoms. The Kier molecular flexibility index (Phi) is 15.5. The van der Waals surface area contributed by atoms with Crippen LogP contribution >= 0.6 is 0 Å². The molecule has 0 atom stereocenters. The van der Waals surface area contributed by atoms with Crippen LogP contribution in [0.1, 0.15) is 0 Å². The van der Waals surface area contributed by atoms with Crippen molar-refractivity contribution in [3.8, 4) is 0 Å². The topological polar surface area (TPSA) is 49.7 Å². The molecule has 4 radical (unpaired) electrons. The summed E-state index contributed by atoms with van der Waals surface area (Å²) in [5.74, 6) is 0. The molecule has 0 rings (SSSR count). The van der Waals surface area contributed by atoms with E-state index in [1.807, 2.05) is 0 Å². The van der Waals surface area contributed by atoms with E-state index in [1.54, 1.807) is 0 Å². The Morgan fingerprint density at radius 1 is 1.00 bits per heavy atom. The van der Waals surface area contributed by atoms with Crippen molar-refractivity contribution in [2.45, 2.75) is 0 Å². The maximum Gasteiger partial charge on any atom is 0.0698 e. The van der Waals surface area contributed by atoms with Crippen molar-refractivity contribution in [1.82, 2.24) is 0 Å². The van der Waals surface area contributed by atoms with E-state index in [1.165, 1.54) is 0 Å². The van der Waals surface area contributed by atoms with E-state index in [9.17, 15) is 0 Å². The van der Waals surface area contributed by atoms with E-state index in [-0.39, 0.29) is 40.5 Å². The van der Waals surface area contributed by atoms with Crippen LogP contribution in [0.25, 0.3) is 0 Å². The Morgan fingerprint density at radius 3 is 1.62 bits per heavy atom. The van der Waals surface area contributed by atoms with Gasteiger partial charge >= 0.3 is 0 Å². The van der Waals surface area contributed by atoms with Crippen molar-refractivity contribution >= 4 is 27.3 Å². The van der Waals surface area contributed by atoms with Gasteiger partial charge in [-0.05, 0) is 0 Å². The van der Waals surface area contributed by atoms with E-state index in [4.69, 9.17) is 10.2 Å². The minimum Gasteiger partial charge on any atom is -0.394 e. The van der Waals surface area contributed by atoms with E-state index in [0.29, 0.717) is 13.2 Å². The zero-order valence-electron chi connectivity index (χ0n) is 4.63. The summed E-state index contributed by atoms with van der Waals surface area (Å²) in [7, 11) is 0. The summed E-state index contributed by atoms with van der Waals surface area (Å²) < 4.78 is 4.63. The van der Waals surface area contributed by atoms with Crippen LogP contribution in [-0.4, -0.2) is 63.9 Å². The normalized spacial score (nSPS) is 8.25. The van der Waals surface area contributed by atoms with Gasteiger partial charge < -0.3 is 14.9 Å². The molecular weight excluding hydrogens is 303 g/mol. The first-order chi connectivity index (χ1) is 3.41. The molecule has 2 N–H and O–H groups in total. The third-order valence-corrected chi connectivity index (χ3v) is 0.471. The van der Waals surface area contributed by atoms with Gasteiger partial charge in [-0.15, -0.1) is 0 Å². The Bertz CT molecular complexity index is 30.5. The maximum absolute atomic E-state index is 8.09. The third-order valence-electron chi connectivity index (χ3n) is 0.471. The minimum absolute atomic E-state index is 0. The summed E-state index contributed by atoms with van der Waals surface area (Å²) in [6, 6.07) is 0. The van der Waals surface area contributed by atoms with Crippen LogP contribution in [0.3, 0.4) is 0 Å². The summed E-state index contributed by atoms with van der Waals surface area (Å²) in [4.78, 5) is 0. The molecule has 0 aromatic carbocycles. The number of aliphatic hydroxyl groups is 2. The smallest absolute Gasteiger partial charge is 0.0698 e. The van der Waals surface area contributed by atoms with Gasteiger partial charge in [0.25, 0.3) is 0 Å². The van der Waals surface area contributed by atoms with Crippen LogP contribution < -0.4 is 0 Å². The fraction of sp³-hybridized carbons (Fsp3) is 1.00. The molecule has 0 spiro atoms. The minimum atomic E-state index is 0. The number of hydrogen-bond acceptors (Lipinski definition) is 3. The number of ether oxygens (including phenoxy) is 1. The Balaban J connectivity index is 0. The van der Waals surface area contributed by atoms with Gasteiger partial charge in [-0.25, -0.2) is 0 Å². The molecule has 0 unspecified atom stereocenters. The van der Waals surface area contributed by atoms with Crippen molar-refractivity contribution in [1.29, 1.82) is 0 Å². The molecule has 0 aliphatic heterocycles. The van der Waals surface area contributed by atoms with Gasteiger partial charge in [-0.3, -0.25) is 0 Å².